The Morgan fingerprint density at radius 1 is 1.18 bits per heavy atom. The minimum absolute atomic E-state index is 0.285. The zero-order valence-electron chi connectivity index (χ0n) is 14.7. The van der Waals surface area contributed by atoms with Gasteiger partial charge in [-0.1, -0.05) is 0 Å². The minimum atomic E-state index is -0.476. The SMILES string of the molecule is CC(C)(C)OC(=O)N1CC=C(N2OC(C)(C)C(C)(C)O2)CC1. The Kier molecular flexibility index (Phi) is 4.21. The fraction of sp³-hybridized carbons (Fsp3) is 0.812. The first-order valence-corrected chi connectivity index (χ1v) is 7.77. The van der Waals surface area contributed by atoms with Crippen molar-refractivity contribution in [2.24, 2.45) is 0 Å². The van der Waals surface area contributed by atoms with Crippen LogP contribution in [0.3, 0.4) is 0 Å². The molecule has 0 saturated carbocycles. The second kappa shape index (κ2) is 5.42. The van der Waals surface area contributed by atoms with Gasteiger partial charge in [-0.15, -0.1) is 5.23 Å². The molecule has 1 saturated heterocycles. The Hall–Kier alpha value is -1.27. The molecule has 2 aliphatic rings. The molecule has 0 N–H and O–H groups in total. The Bertz CT molecular complexity index is 461. The van der Waals surface area contributed by atoms with Gasteiger partial charge >= 0.3 is 6.09 Å². The number of hydrogen-bond donors (Lipinski definition) is 0. The average molecular weight is 312 g/mol. The first-order valence-electron chi connectivity index (χ1n) is 7.77. The van der Waals surface area contributed by atoms with Crippen LogP contribution in [0.15, 0.2) is 11.8 Å². The van der Waals surface area contributed by atoms with Crippen LogP contribution in [-0.4, -0.2) is 46.1 Å². The van der Waals surface area contributed by atoms with E-state index in [1.165, 1.54) is 5.23 Å². The van der Waals surface area contributed by atoms with Crippen molar-refractivity contribution >= 4 is 6.09 Å². The largest absolute Gasteiger partial charge is 0.444 e. The first-order chi connectivity index (χ1) is 9.91. The van der Waals surface area contributed by atoms with Crippen LogP contribution in [0.4, 0.5) is 4.79 Å². The third-order valence-corrected chi connectivity index (χ3v) is 4.14. The van der Waals surface area contributed by atoms with Gasteiger partial charge in [0.1, 0.15) is 16.8 Å². The van der Waals surface area contributed by atoms with Crippen LogP contribution in [0.5, 0.6) is 0 Å². The second-order valence-electron chi connectivity index (χ2n) is 7.83. The molecule has 2 rings (SSSR count). The van der Waals surface area contributed by atoms with E-state index in [0.717, 1.165) is 5.70 Å². The van der Waals surface area contributed by atoms with Gasteiger partial charge in [0.2, 0.25) is 0 Å². The molecular weight excluding hydrogens is 284 g/mol. The number of hydrogen-bond acceptors (Lipinski definition) is 5. The molecule has 6 heteroatoms. The third-order valence-electron chi connectivity index (χ3n) is 4.14. The van der Waals surface area contributed by atoms with E-state index < -0.39 is 16.8 Å². The van der Waals surface area contributed by atoms with Crippen LogP contribution in [0, 0.1) is 0 Å². The Balaban J connectivity index is 1.97. The van der Waals surface area contributed by atoms with Gasteiger partial charge in [0.25, 0.3) is 0 Å². The Morgan fingerprint density at radius 3 is 2.14 bits per heavy atom. The van der Waals surface area contributed by atoms with Crippen LogP contribution < -0.4 is 0 Å². The van der Waals surface area contributed by atoms with E-state index in [2.05, 4.69) is 0 Å². The Labute approximate surface area is 132 Å². The van der Waals surface area contributed by atoms with Crippen molar-refractivity contribution in [3.63, 3.8) is 0 Å². The highest BCUT2D eigenvalue weighted by atomic mass is 17.0. The van der Waals surface area contributed by atoms with E-state index in [1.807, 2.05) is 54.5 Å². The van der Waals surface area contributed by atoms with Gasteiger partial charge in [-0.3, -0.25) is 0 Å². The van der Waals surface area contributed by atoms with Crippen molar-refractivity contribution in [2.75, 3.05) is 13.1 Å². The van der Waals surface area contributed by atoms with E-state index >= 15 is 0 Å². The lowest BCUT2D eigenvalue weighted by Crippen LogP contribution is -2.41. The summed E-state index contributed by atoms with van der Waals surface area (Å²) in [6.07, 6.45) is 2.34. The molecule has 0 aliphatic carbocycles. The lowest BCUT2D eigenvalue weighted by atomic mass is 9.90. The maximum Gasteiger partial charge on any atom is 0.410 e. The van der Waals surface area contributed by atoms with Gasteiger partial charge in [-0.2, -0.15) is 0 Å². The topological polar surface area (TPSA) is 51.2 Å². The quantitative estimate of drug-likeness (QED) is 0.744. The number of carbonyl (C=O) groups excluding carboxylic acids is 1. The predicted octanol–water partition coefficient (Wildman–Crippen LogP) is 3.25. The fourth-order valence-corrected chi connectivity index (χ4v) is 2.09. The van der Waals surface area contributed by atoms with E-state index in [4.69, 9.17) is 14.4 Å². The normalized spacial score (nSPS) is 24.2. The molecule has 0 aromatic heterocycles. The number of carbonyl (C=O) groups is 1. The highest BCUT2D eigenvalue weighted by Crippen LogP contribution is 2.40. The van der Waals surface area contributed by atoms with Crippen LogP contribution >= 0.6 is 0 Å². The lowest BCUT2D eigenvalue weighted by Gasteiger charge is -2.31. The number of nitrogens with zero attached hydrogens (tertiary/aromatic N) is 2. The van der Waals surface area contributed by atoms with Gasteiger partial charge in [-0.25, -0.2) is 14.5 Å². The van der Waals surface area contributed by atoms with Crippen molar-refractivity contribution in [2.45, 2.75) is 71.7 Å². The van der Waals surface area contributed by atoms with Gasteiger partial charge < -0.3 is 9.64 Å². The van der Waals surface area contributed by atoms with E-state index in [0.29, 0.717) is 19.5 Å². The minimum Gasteiger partial charge on any atom is -0.444 e. The molecule has 0 bridgehead atoms. The summed E-state index contributed by atoms with van der Waals surface area (Å²) in [5.74, 6) is 0. The zero-order chi connectivity index (χ0) is 16.8. The van der Waals surface area contributed by atoms with E-state index in [9.17, 15) is 4.79 Å². The summed E-state index contributed by atoms with van der Waals surface area (Å²) in [5.41, 5.74) is -0.346. The molecule has 22 heavy (non-hydrogen) atoms. The summed E-state index contributed by atoms with van der Waals surface area (Å²) in [6.45, 7) is 14.7. The molecule has 0 aromatic carbocycles. The van der Waals surface area contributed by atoms with Crippen molar-refractivity contribution in [3.05, 3.63) is 11.8 Å². The third kappa shape index (κ3) is 3.55. The smallest absolute Gasteiger partial charge is 0.410 e. The summed E-state index contributed by atoms with van der Waals surface area (Å²) in [4.78, 5) is 25.5. The second-order valence-corrected chi connectivity index (χ2v) is 7.83. The zero-order valence-corrected chi connectivity index (χ0v) is 14.7. The summed E-state index contributed by atoms with van der Waals surface area (Å²) in [5, 5.41) is 1.51. The van der Waals surface area contributed by atoms with E-state index in [-0.39, 0.29) is 6.09 Å². The predicted molar refractivity (Wildman–Crippen MR) is 82.7 cm³/mol. The molecule has 2 aliphatic heterocycles. The first kappa shape index (κ1) is 17.1. The van der Waals surface area contributed by atoms with E-state index in [1.54, 1.807) is 4.90 Å². The molecule has 0 radical (unpaired) electrons. The van der Waals surface area contributed by atoms with Gasteiger partial charge in [0.05, 0.1) is 5.70 Å². The summed E-state index contributed by atoms with van der Waals surface area (Å²) >= 11 is 0. The monoisotopic (exact) mass is 312 g/mol. The number of rotatable bonds is 1. The van der Waals surface area contributed by atoms with Crippen LogP contribution in [0.2, 0.25) is 0 Å². The Morgan fingerprint density at radius 2 is 1.73 bits per heavy atom. The highest BCUT2D eigenvalue weighted by Gasteiger charge is 2.50. The standard InChI is InChI=1S/C16H28N2O4/c1-14(2,3)20-13(19)17-10-8-12(9-11-17)18-21-15(4,5)16(6,7)22-18/h8H,9-11H2,1-7H3. The van der Waals surface area contributed by atoms with Crippen molar-refractivity contribution in [1.82, 2.24) is 10.1 Å². The molecule has 0 spiro atoms. The molecule has 2 heterocycles. The van der Waals surface area contributed by atoms with Crippen LogP contribution in [0.25, 0.3) is 0 Å². The van der Waals surface area contributed by atoms with Crippen molar-refractivity contribution in [1.29, 1.82) is 0 Å². The summed E-state index contributed by atoms with van der Waals surface area (Å²) < 4.78 is 5.39. The van der Waals surface area contributed by atoms with Gasteiger partial charge in [0, 0.05) is 19.5 Å². The molecule has 0 unspecified atom stereocenters. The maximum absolute atomic E-state index is 12.0. The molecule has 126 valence electrons. The number of hydroxylamine groups is 2. The summed E-state index contributed by atoms with van der Waals surface area (Å²) in [6, 6.07) is 0. The molecule has 1 amide bonds. The van der Waals surface area contributed by atoms with Crippen LogP contribution in [0.1, 0.15) is 54.9 Å². The molecule has 0 atom stereocenters. The van der Waals surface area contributed by atoms with Crippen molar-refractivity contribution in [3.8, 4) is 0 Å². The summed E-state index contributed by atoms with van der Waals surface area (Å²) in [7, 11) is 0. The van der Waals surface area contributed by atoms with Crippen molar-refractivity contribution < 1.29 is 19.2 Å². The van der Waals surface area contributed by atoms with Gasteiger partial charge in [-0.05, 0) is 54.5 Å². The maximum atomic E-state index is 12.0. The molecular formula is C16H28N2O4. The molecule has 1 fully saturated rings. The lowest BCUT2D eigenvalue weighted by molar-refractivity contribution is -0.304. The van der Waals surface area contributed by atoms with Crippen LogP contribution in [-0.2, 0) is 14.4 Å². The number of amides is 1. The average Bonchev–Trinajstić information content (AvgIpc) is 2.56. The number of ether oxygens (including phenoxy) is 1. The molecule has 6 nitrogen and oxygen atoms in total. The fourth-order valence-electron chi connectivity index (χ4n) is 2.09. The van der Waals surface area contributed by atoms with Gasteiger partial charge in [0.15, 0.2) is 0 Å². The molecule has 0 aromatic rings. The highest BCUT2D eigenvalue weighted by molar-refractivity contribution is 5.68.